The predicted molar refractivity (Wildman–Crippen MR) is 63.9 cm³/mol. The Labute approximate surface area is 94.0 Å². The predicted octanol–water partition coefficient (Wildman–Crippen LogP) is 1.61. The van der Waals surface area contributed by atoms with E-state index in [-0.39, 0.29) is 5.54 Å². The molecule has 90 valence electrons. The lowest BCUT2D eigenvalue weighted by Gasteiger charge is -2.50. The second kappa shape index (κ2) is 5.28. The maximum Gasteiger partial charge on any atom is 0.0767 e. The van der Waals surface area contributed by atoms with E-state index in [0.29, 0.717) is 18.7 Å². The first-order valence-electron chi connectivity index (χ1n) is 6.04. The molecule has 0 aromatic heterocycles. The van der Waals surface area contributed by atoms with Crippen LogP contribution in [0.5, 0.6) is 0 Å². The van der Waals surface area contributed by atoms with Gasteiger partial charge in [0.25, 0.3) is 0 Å². The van der Waals surface area contributed by atoms with Gasteiger partial charge in [0.1, 0.15) is 0 Å². The zero-order valence-corrected chi connectivity index (χ0v) is 10.6. The highest BCUT2D eigenvalue weighted by Crippen LogP contribution is 2.35. The van der Waals surface area contributed by atoms with Gasteiger partial charge in [-0.05, 0) is 33.7 Å². The number of hydrogen-bond acceptors (Lipinski definition) is 3. The molecular weight excluding hydrogens is 188 g/mol. The fourth-order valence-corrected chi connectivity index (χ4v) is 2.82. The average molecular weight is 214 g/mol. The van der Waals surface area contributed by atoms with Gasteiger partial charge in [0, 0.05) is 19.7 Å². The second-order valence-electron chi connectivity index (χ2n) is 4.98. The lowest BCUT2D eigenvalue weighted by molar-refractivity contribution is -0.0760. The van der Waals surface area contributed by atoms with Crippen LogP contribution in [0.4, 0.5) is 0 Å². The molecule has 0 saturated heterocycles. The summed E-state index contributed by atoms with van der Waals surface area (Å²) in [4.78, 5) is 2.40. The quantitative estimate of drug-likeness (QED) is 0.773. The summed E-state index contributed by atoms with van der Waals surface area (Å²) in [6.45, 7) is 5.14. The lowest BCUT2D eigenvalue weighted by atomic mass is 9.77. The fraction of sp³-hybridized carbons (Fsp3) is 1.00. The molecule has 0 aromatic carbocycles. The van der Waals surface area contributed by atoms with Gasteiger partial charge >= 0.3 is 0 Å². The van der Waals surface area contributed by atoms with E-state index in [1.54, 1.807) is 0 Å². The molecule has 15 heavy (non-hydrogen) atoms. The van der Waals surface area contributed by atoms with E-state index in [1.165, 1.54) is 12.8 Å². The van der Waals surface area contributed by atoms with Crippen LogP contribution in [0.1, 0.15) is 39.5 Å². The zero-order valence-electron chi connectivity index (χ0n) is 10.6. The van der Waals surface area contributed by atoms with Crippen molar-refractivity contribution in [3.05, 3.63) is 0 Å². The molecule has 0 heterocycles. The Hall–Kier alpha value is -0.120. The van der Waals surface area contributed by atoms with Crippen molar-refractivity contribution >= 4 is 0 Å². The molecule has 2 unspecified atom stereocenters. The SMILES string of the molecule is COC1CCCCC1(CN)N(C)C(C)C. The number of hydrogen-bond donors (Lipinski definition) is 1. The summed E-state index contributed by atoms with van der Waals surface area (Å²) in [7, 11) is 3.99. The Morgan fingerprint density at radius 2 is 2.13 bits per heavy atom. The minimum Gasteiger partial charge on any atom is -0.379 e. The van der Waals surface area contributed by atoms with Crippen molar-refractivity contribution in [3.63, 3.8) is 0 Å². The average Bonchev–Trinajstić information content (AvgIpc) is 2.27. The van der Waals surface area contributed by atoms with Gasteiger partial charge in [-0.2, -0.15) is 0 Å². The van der Waals surface area contributed by atoms with Gasteiger partial charge in [-0.1, -0.05) is 12.8 Å². The molecule has 0 aliphatic heterocycles. The van der Waals surface area contributed by atoms with Crippen LogP contribution in [0, 0.1) is 0 Å². The van der Waals surface area contributed by atoms with Crippen molar-refractivity contribution in [1.82, 2.24) is 4.90 Å². The van der Waals surface area contributed by atoms with Gasteiger partial charge < -0.3 is 10.5 Å². The van der Waals surface area contributed by atoms with Crippen molar-refractivity contribution in [2.45, 2.75) is 57.2 Å². The number of ether oxygens (including phenoxy) is 1. The summed E-state index contributed by atoms with van der Waals surface area (Å²) in [5.41, 5.74) is 6.08. The molecule has 0 aromatic rings. The Bertz CT molecular complexity index is 192. The third-order valence-electron chi connectivity index (χ3n) is 4.04. The normalized spacial score (nSPS) is 32.6. The molecule has 0 radical (unpaired) electrons. The van der Waals surface area contributed by atoms with Crippen LogP contribution >= 0.6 is 0 Å². The third kappa shape index (κ3) is 2.35. The largest absolute Gasteiger partial charge is 0.379 e. The molecular formula is C12H26N2O. The van der Waals surface area contributed by atoms with Crippen LogP contribution in [0.25, 0.3) is 0 Å². The first-order valence-corrected chi connectivity index (χ1v) is 6.04. The van der Waals surface area contributed by atoms with Crippen molar-refractivity contribution in [1.29, 1.82) is 0 Å². The van der Waals surface area contributed by atoms with Crippen LogP contribution in [0.3, 0.4) is 0 Å². The molecule has 1 fully saturated rings. The molecule has 1 aliphatic carbocycles. The van der Waals surface area contributed by atoms with E-state index in [9.17, 15) is 0 Å². The van der Waals surface area contributed by atoms with Crippen LogP contribution < -0.4 is 5.73 Å². The molecule has 3 nitrogen and oxygen atoms in total. The fourth-order valence-electron chi connectivity index (χ4n) is 2.82. The van der Waals surface area contributed by atoms with E-state index >= 15 is 0 Å². The van der Waals surface area contributed by atoms with Gasteiger partial charge in [-0.15, -0.1) is 0 Å². The van der Waals surface area contributed by atoms with Crippen LogP contribution in [-0.2, 0) is 4.74 Å². The number of nitrogens with zero attached hydrogens (tertiary/aromatic N) is 1. The minimum absolute atomic E-state index is 0.0567. The molecule has 0 bridgehead atoms. The Kier molecular flexibility index (Phi) is 4.56. The topological polar surface area (TPSA) is 38.5 Å². The standard InChI is InChI=1S/C12H26N2O/c1-10(2)14(3)12(9-13)8-6-5-7-11(12)15-4/h10-11H,5-9,13H2,1-4H3. The molecule has 1 aliphatic rings. The number of rotatable bonds is 4. The van der Waals surface area contributed by atoms with Gasteiger partial charge in [-0.25, -0.2) is 0 Å². The monoisotopic (exact) mass is 214 g/mol. The van der Waals surface area contributed by atoms with E-state index in [1.807, 2.05) is 7.11 Å². The second-order valence-corrected chi connectivity index (χ2v) is 4.98. The van der Waals surface area contributed by atoms with Gasteiger partial charge in [0.15, 0.2) is 0 Å². The summed E-state index contributed by atoms with van der Waals surface area (Å²) in [5.74, 6) is 0. The van der Waals surface area contributed by atoms with Crippen LogP contribution in [0.2, 0.25) is 0 Å². The summed E-state index contributed by atoms with van der Waals surface area (Å²) >= 11 is 0. The first kappa shape index (κ1) is 12.9. The van der Waals surface area contributed by atoms with E-state index in [4.69, 9.17) is 10.5 Å². The summed E-state index contributed by atoms with van der Waals surface area (Å²) in [6.07, 6.45) is 5.14. The van der Waals surface area contributed by atoms with Crippen LogP contribution in [-0.4, -0.2) is 43.3 Å². The smallest absolute Gasteiger partial charge is 0.0767 e. The highest BCUT2D eigenvalue weighted by atomic mass is 16.5. The van der Waals surface area contributed by atoms with Crippen molar-refractivity contribution in [2.24, 2.45) is 5.73 Å². The molecule has 1 rings (SSSR count). The number of methoxy groups -OCH3 is 1. The van der Waals surface area contributed by atoms with Crippen molar-refractivity contribution in [3.8, 4) is 0 Å². The molecule has 2 atom stereocenters. The van der Waals surface area contributed by atoms with Gasteiger partial charge in [-0.3, -0.25) is 4.90 Å². The maximum atomic E-state index is 6.02. The van der Waals surface area contributed by atoms with Crippen LogP contribution in [0.15, 0.2) is 0 Å². The summed E-state index contributed by atoms with van der Waals surface area (Å²) in [6, 6.07) is 0.518. The first-order chi connectivity index (χ1) is 7.08. The lowest BCUT2D eigenvalue weighted by Crippen LogP contribution is -2.63. The Morgan fingerprint density at radius 1 is 1.47 bits per heavy atom. The third-order valence-corrected chi connectivity index (χ3v) is 4.04. The molecule has 0 spiro atoms. The van der Waals surface area contributed by atoms with Crippen molar-refractivity contribution < 1.29 is 4.74 Å². The zero-order chi connectivity index (χ0) is 11.5. The van der Waals surface area contributed by atoms with Gasteiger partial charge in [0.2, 0.25) is 0 Å². The maximum absolute atomic E-state index is 6.02. The minimum atomic E-state index is 0.0567. The molecule has 0 amide bonds. The Balaban J connectivity index is 2.87. The van der Waals surface area contributed by atoms with E-state index in [2.05, 4.69) is 25.8 Å². The molecule has 2 N–H and O–H groups in total. The summed E-state index contributed by atoms with van der Waals surface area (Å²) < 4.78 is 5.65. The van der Waals surface area contributed by atoms with Crippen molar-refractivity contribution in [2.75, 3.05) is 20.7 Å². The number of likely N-dealkylation sites (N-methyl/N-ethyl adjacent to an activating group) is 1. The van der Waals surface area contributed by atoms with E-state index < -0.39 is 0 Å². The van der Waals surface area contributed by atoms with Gasteiger partial charge in [0.05, 0.1) is 11.6 Å². The highest BCUT2D eigenvalue weighted by molar-refractivity contribution is 5.01. The molecule has 1 saturated carbocycles. The number of nitrogens with two attached hydrogens (primary N) is 1. The van der Waals surface area contributed by atoms with E-state index in [0.717, 1.165) is 12.8 Å². The summed E-state index contributed by atoms with van der Waals surface area (Å²) in [5, 5.41) is 0. The molecule has 3 heteroatoms. The highest BCUT2D eigenvalue weighted by Gasteiger charge is 2.43. The Morgan fingerprint density at radius 3 is 2.60 bits per heavy atom.